The summed E-state index contributed by atoms with van der Waals surface area (Å²) in [5.74, 6) is 0.380. The fraction of sp³-hybridized carbons (Fsp3) is 0.188. The molecule has 2 aromatic heterocycles. The van der Waals surface area contributed by atoms with Crippen molar-refractivity contribution in [2.75, 3.05) is 18.1 Å². The normalized spacial score (nSPS) is 10.9. The number of benzene rings is 1. The van der Waals surface area contributed by atoms with E-state index in [1.165, 1.54) is 6.20 Å². The first-order valence-electron chi connectivity index (χ1n) is 7.27. The molecule has 0 saturated carbocycles. The van der Waals surface area contributed by atoms with Crippen LogP contribution in [0.5, 0.6) is 0 Å². The average Bonchev–Trinajstić information content (AvgIpc) is 2.60. The second-order valence-electron chi connectivity index (χ2n) is 5.18. The summed E-state index contributed by atoms with van der Waals surface area (Å²) >= 11 is 3.39. The van der Waals surface area contributed by atoms with E-state index in [0.717, 1.165) is 10.0 Å². The Morgan fingerprint density at radius 3 is 2.67 bits per heavy atom. The third-order valence-corrected chi connectivity index (χ3v) is 4.10. The van der Waals surface area contributed by atoms with Crippen molar-refractivity contribution in [3.05, 3.63) is 63.1 Å². The molecule has 0 saturated heterocycles. The number of fused-ring (bicyclic) bond motifs is 1. The third kappa shape index (κ3) is 3.24. The van der Waals surface area contributed by atoms with Gasteiger partial charge in [-0.15, -0.1) is 4.73 Å². The van der Waals surface area contributed by atoms with Crippen molar-refractivity contribution in [1.82, 2.24) is 14.7 Å². The zero-order chi connectivity index (χ0) is 17.1. The number of halogens is 1. The minimum Gasteiger partial charge on any atom is -0.422 e. The molecule has 2 heterocycles. The summed E-state index contributed by atoms with van der Waals surface area (Å²) in [6, 6.07) is 11.2. The number of hydrogen-bond donors (Lipinski definition) is 2. The van der Waals surface area contributed by atoms with E-state index in [4.69, 9.17) is 0 Å². The lowest BCUT2D eigenvalue weighted by molar-refractivity contribution is 0.182. The zero-order valence-corrected chi connectivity index (χ0v) is 14.2. The molecule has 0 amide bonds. The largest absolute Gasteiger partial charge is 0.422 e. The molecule has 0 radical (unpaired) electrons. The van der Waals surface area contributed by atoms with Gasteiger partial charge in [0.2, 0.25) is 0 Å². The fourth-order valence-electron chi connectivity index (χ4n) is 2.46. The number of pyridine rings is 1. The first kappa shape index (κ1) is 16.4. The smallest absolute Gasteiger partial charge is 0.384 e. The third-order valence-electron chi connectivity index (χ3n) is 3.57. The summed E-state index contributed by atoms with van der Waals surface area (Å²) in [5.41, 5.74) is 0.319. The molecule has 0 atom stereocenters. The van der Waals surface area contributed by atoms with Crippen LogP contribution in [0.2, 0.25) is 0 Å². The highest BCUT2D eigenvalue weighted by atomic mass is 79.9. The molecule has 0 fully saturated rings. The van der Waals surface area contributed by atoms with Crippen LogP contribution >= 0.6 is 15.9 Å². The predicted octanol–water partition coefficient (Wildman–Crippen LogP) is 1.79. The van der Waals surface area contributed by atoms with Crippen molar-refractivity contribution < 1.29 is 10.3 Å². The molecule has 7 nitrogen and oxygen atoms in total. The van der Waals surface area contributed by atoms with Gasteiger partial charge in [0.15, 0.2) is 5.65 Å². The Labute approximate surface area is 145 Å². The number of nitrogens with zero attached hydrogens (tertiary/aromatic N) is 4. The number of rotatable bonds is 5. The van der Waals surface area contributed by atoms with Crippen LogP contribution in [0.15, 0.2) is 51.9 Å². The van der Waals surface area contributed by atoms with Gasteiger partial charge in [0.05, 0.1) is 12.0 Å². The molecule has 3 aromatic rings. The van der Waals surface area contributed by atoms with Crippen molar-refractivity contribution in [3.63, 3.8) is 0 Å². The van der Waals surface area contributed by atoms with E-state index in [-0.39, 0.29) is 12.3 Å². The Hall–Kier alpha value is -2.45. The molecule has 0 aliphatic heterocycles. The number of aromatic nitrogens is 3. The van der Waals surface area contributed by atoms with Gasteiger partial charge in [0.25, 0.3) is 0 Å². The summed E-state index contributed by atoms with van der Waals surface area (Å²) < 4.78 is 1.39. The fourth-order valence-corrected chi connectivity index (χ4v) is 2.73. The van der Waals surface area contributed by atoms with Crippen LogP contribution in [-0.2, 0) is 6.54 Å². The Kier molecular flexibility index (Phi) is 4.77. The van der Waals surface area contributed by atoms with Crippen LogP contribution < -0.4 is 10.6 Å². The lowest BCUT2D eigenvalue weighted by Crippen LogP contribution is -2.31. The summed E-state index contributed by atoms with van der Waals surface area (Å²) in [6.07, 6.45) is 1.49. The van der Waals surface area contributed by atoms with Crippen molar-refractivity contribution in [1.29, 1.82) is 0 Å². The Bertz CT molecular complexity index is 911. The maximum absolute atomic E-state index is 11.9. The van der Waals surface area contributed by atoms with Gasteiger partial charge < -0.3 is 15.2 Å². The van der Waals surface area contributed by atoms with Crippen molar-refractivity contribution in [2.45, 2.75) is 6.54 Å². The summed E-state index contributed by atoms with van der Waals surface area (Å²) in [5, 5.41) is 19.7. The second kappa shape index (κ2) is 6.98. The SMILES string of the molecule is O=c1nc(N(CCO)Cc2ccc(Br)cc2)c2cccnc2n1O. The van der Waals surface area contributed by atoms with E-state index in [1.54, 1.807) is 17.0 Å². The van der Waals surface area contributed by atoms with Crippen LogP contribution in [0.3, 0.4) is 0 Å². The molecular weight excluding hydrogens is 376 g/mol. The van der Waals surface area contributed by atoms with Gasteiger partial charge in [-0.2, -0.15) is 4.98 Å². The highest BCUT2D eigenvalue weighted by Crippen LogP contribution is 2.23. The van der Waals surface area contributed by atoms with Gasteiger partial charge in [-0.25, -0.2) is 9.78 Å². The zero-order valence-electron chi connectivity index (χ0n) is 12.6. The summed E-state index contributed by atoms with van der Waals surface area (Å²) in [7, 11) is 0. The summed E-state index contributed by atoms with van der Waals surface area (Å²) in [4.78, 5) is 21.7. The number of aliphatic hydroxyl groups excluding tert-OH is 1. The van der Waals surface area contributed by atoms with Crippen molar-refractivity contribution in [3.8, 4) is 0 Å². The lowest BCUT2D eigenvalue weighted by atomic mass is 10.2. The quantitative estimate of drug-likeness (QED) is 0.645. The highest BCUT2D eigenvalue weighted by Gasteiger charge is 2.16. The van der Waals surface area contributed by atoms with Crippen LogP contribution in [0.4, 0.5) is 5.82 Å². The number of aliphatic hydroxyl groups is 1. The molecule has 0 aliphatic rings. The van der Waals surface area contributed by atoms with Crippen molar-refractivity contribution in [2.24, 2.45) is 0 Å². The minimum absolute atomic E-state index is 0.0951. The molecule has 3 rings (SSSR count). The van der Waals surface area contributed by atoms with Gasteiger partial charge >= 0.3 is 5.69 Å². The maximum atomic E-state index is 11.9. The van der Waals surface area contributed by atoms with Gasteiger partial charge in [0, 0.05) is 23.8 Å². The first-order chi connectivity index (χ1) is 11.6. The van der Waals surface area contributed by atoms with Gasteiger partial charge in [-0.3, -0.25) is 0 Å². The lowest BCUT2D eigenvalue weighted by Gasteiger charge is -2.24. The summed E-state index contributed by atoms with van der Waals surface area (Å²) in [6.45, 7) is 0.657. The molecule has 124 valence electrons. The Morgan fingerprint density at radius 2 is 1.96 bits per heavy atom. The molecule has 8 heteroatoms. The molecule has 0 aliphatic carbocycles. The highest BCUT2D eigenvalue weighted by molar-refractivity contribution is 9.10. The average molecular weight is 391 g/mol. The van der Waals surface area contributed by atoms with Crippen LogP contribution in [0.25, 0.3) is 11.0 Å². The molecule has 0 unspecified atom stereocenters. The van der Waals surface area contributed by atoms with Gasteiger partial charge in [0.1, 0.15) is 5.82 Å². The maximum Gasteiger partial charge on any atom is 0.384 e. The van der Waals surface area contributed by atoms with Crippen LogP contribution in [0.1, 0.15) is 5.56 Å². The van der Waals surface area contributed by atoms with Crippen LogP contribution in [-0.4, -0.2) is 38.2 Å². The Morgan fingerprint density at radius 1 is 1.21 bits per heavy atom. The number of anilines is 1. The number of hydrogen-bond acceptors (Lipinski definition) is 6. The second-order valence-corrected chi connectivity index (χ2v) is 6.09. The van der Waals surface area contributed by atoms with E-state index >= 15 is 0 Å². The molecule has 2 N–H and O–H groups in total. The minimum atomic E-state index is -0.810. The molecular formula is C16H15BrN4O3. The van der Waals surface area contributed by atoms with E-state index in [2.05, 4.69) is 25.9 Å². The molecule has 0 spiro atoms. The Balaban J connectivity index is 2.08. The topological polar surface area (TPSA) is 91.5 Å². The monoisotopic (exact) mass is 390 g/mol. The van der Waals surface area contributed by atoms with Crippen molar-refractivity contribution >= 4 is 32.8 Å². The van der Waals surface area contributed by atoms with Gasteiger partial charge in [-0.1, -0.05) is 28.1 Å². The molecule has 1 aromatic carbocycles. The van der Waals surface area contributed by atoms with Gasteiger partial charge in [-0.05, 0) is 29.8 Å². The predicted molar refractivity (Wildman–Crippen MR) is 93.3 cm³/mol. The van der Waals surface area contributed by atoms with E-state index in [1.807, 2.05) is 24.3 Å². The van der Waals surface area contributed by atoms with E-state index < -0.39 is 5.69 Å². The molecule has 0 bridgehead atoms. The van der Waals surface area contributed by atoms with E-state index in [9.17, 15) is 15.1 Å². The molecule has 24 heavy (non-hydrogen) atoms. The van der Waals surface area contributed by atoms with Crippen LogP contribution in [0, 0.1) is 0 Å². The first-order valence-corrected chi connectivity index (χ1v) is 8.06. The van der Waals surface area contributed by atoms with E-state index in [0.29, 0.717) is 29.0 Å². The standard InChI is InChI=1S/C16H15BrN4O3/c17-12-5-3-11(4-6-12)10-20(8-9-22)15-13-2-1-7-18-14(13)21(24)16(23)19-15/h1-7,22,24H,8-10H2.